The van der Waals surface area contributed by atoms with E-state index in [0.29, 0.717) is 17.2 Å². The lowest BCUT2D eigenvalue weighted by Crippen LogP contribution is -2.31. The Morgan fingerprint density at radius 3 is 2.64 bits per heavy atom. The van der Waals surface area contributed by atoms with E-state index >= 15 is 0 Å². The molecule has 0 bridgehead atoms. The summed E-state index contributed by atoms with van der Waals surface area (Å²) in [4.78, 5) is 24.5. The molecule has 1 aliphatic rings. The smallest absolute Gasteiger partial charge is 0.342 e. The van der Waals surface area contributed by atoms with Crippen LogP contribution in [-0.4, -0.2) is 39.5 Å². The summed E-state index contributed by atoms with van der Waals surface area (Å²) in [6.45, 7) is 1.58. The van der Waals surface area contributed by atoms with Crippen LogP contribution in [0.4, 0.5) is 0 Å². The van der Waals surface area contributed by atoms with Crippen molar-refractivity contribution in [2.24, 2.45) is 0 Å². The maximum absolute atomic E-state index is 12.3. The Morgan fingerprint density at radius 2 is 1.89 bits per heavy atom. The molecule has 1 heterocycles. The number of amides is 1. The average Bonchev–Trinajstić information content (AvgIpc) is 3.19. The predicted molar refractivity (Wildman–Crippen MR) is 99.0 cm³/mol. The second kappa shape index (κ2) is 8.51. The van der Waals surface area contributed by atoms with Gasteiger partial charge >= 0.3 is 5.97 Å². The highest BCUT2D eigenvalue weighted by atomic mass is 16.7. The van der Waals surface area contributed by atoms with Crippen LogP contribution in [0.1, 0.15) is 28.9 Å². The second-order valence-electron chi connectivity index (χ2n) is 6.02. The first kappa shape index (κ1) is 19.3. The van der Waals surface area contributed by atoms with Gasteiger partial charge in [0.2, 0.25) is 6.79 Å². The van der Waals surface area contributed by atoms with Crippen molar-refractivity contribution >= 4 is 11.9 Å². The first-order valence-electron chi connectivity index (χ1n) is 8.60. The lowest BCUT2D eigenvalue weighted by molar-refractivity contribution is -0.124. The summed E-state index contributed by atoms with van der Waals surface area (Å²) in [5.41, 5.74) is 1.02. The van der Waals surface area contributed by atoms with Crippen molar-refractivity contribution in [2.45, 2.75) is 13.0 Å². The van der Waals surface area contributed by atoms with Gasteiger partial charge in [-0.3, -0.25) is 4.79 Å². The fourth-order valence-corrected chi connectivity index (χ4v) is 2.81. The molecule has 2 aromatic rings. The van der Waals surface area contributed by atoms with Crippen LogP contribution in [0.25, 0.3) is 0 Å². The van der Waals surface area contributed by atoms with E-state index in [2.05, 4.69) is 5.32 Å². The molecule has 1 N–H and O–H groups in total. The molecule has 1 amide bonds. The number of carbonyl (C=O) groups excluding carboxylic acids is 2. The molecule has 3 rings (SSSR count). The fourth-order valence-electron chi connectivity index (χ4n) is 2.81. The van der Waals surface area contributed by atoms with E-state index in [1.807, 2.05) is 13.0 Å². The molecule has 148 valence electrons. The molecule has 0 aliphatic carbocycles. The van der Waals surface area contributed by atoms with Gasteiger partial charge in [0.25, 0.3) is 5.91 Å². The fraction of sp³-hybridized carbons (Fsp3) is 0.300. The molecule has 28 heavy (non-hydrogen) atoms. The van der Waals surface area contributed by atoms with E-state index in [1.54, 1.807) is 24.3 Å². The number of ether oxygens (including phenoxy) is 5. The number of hydrogen-bond donors (Lipinski definition) is 1. The molecule has 0 fully saturated rings. The van der Waals surface area contributed by atoms with Crippen molar-refractivity contribution in [3.8, 4) is 23.0 Å². The van der Waals surface area contributed by atoms with E-state index in [9.17, 15) is 9.59 Å². The van der Waals surface area contributed by atoms with Crippen molar-refractivity contribution in [2.75, 3.05) is 27.6 Å². The van der Waals surface area contributed by atoms with Crippen LogP contribution in [0.3, 0.4) is 0 Å². The number of rotatable bonds is 7. The Bertz CT molecular complexity index is 881. The number of benzene rings is 2. The van der Waals surface area contributed by atoms with Gasteiger partial charge in [0, 0.05) is 0 Å². The zero-order valence-electron chi connectivity index (χ0n) is 15.8. The van der Waals surface area contributed by atoms with Crippen LogP contribution in [0.15, 0.2) is 36.4 Å². The maximum atomic E-state index is 12.3. The Balaban J connectivity index is 1.57. The third-order valence-electron chi connectivity index (χ3n) is 4.23. The van der Waals surface area contributed by atoms with E-state index in [1.165, 1.54) is 20.3 Å². The van der Waals surface area contributed by atoms with Crippen LogP contribution in [0.5, 0.6) is 23.0 Å². The summed E-state index contributed by atoms with van der Waals surface area (Å²) in [6.07, 6.45) is 0. The molecule has 0 saturated carbocycles. The van der Waals surface area contributed by atoms with Crippen LogP contribution in [-0.2, 0) is 9.53 Å². The minimum Gasteiger partial charge on any atom is -0.493 e. The van der Waals surface area contributed by atoms with Crippen LogP contribution in [0, 0.1) is 0 Å². The highest BCUT2D eigenvalue weighted by molar-refractivity contribution is 5.95. The molecule has 1 atom stereocenters. The lowest BCUT2D eigenvalue weighted by Gasteiger charge is -2.15. The van der Waals surface area contributed by atoms with E-state index in [4.69, 9.17) is 23.7 Å². The van der Waals surface area contributed by atoms with Crippen LogP contribution < -0.4 is 24.3 Å². The quantitative estimate of drug-likeness (QED) is 0.730. The molecule has 0 aromatic heterocycles. The number of para-hydroxylation sites is 1. The minimum absolute atomic E-state index is 0.179. The van der Waals surface area contributed by atoms with Gasteiger partial charge in [-0.15, -0.1) is 0 Å². The van der Waals surface area contributed by atoms with Crippen molar-refractivity contribution < 1.29 is 33.3 Å². The third kappa shape index (κ3) is 4.11. The Hall–Kier alpha value is -3.42. The Kier molecular flexibility index (Phi) is 5.88. The lowest BCUT2D eigenvalue weighted by atomic mass is 10.1. The zero-order valence-corrected chi connectivity index (χ0v) is 15.8. The SMILES string of the molecule is COc1cccc(C(=O)OCC(=O)NC(C)c2ccc3c(c2)OCO3)c1OC. The number of methoxy groups -OCH3 is 2. The number of nitrogens with one attached hydrogen (secondary N) is 1. The molecule has 0 saturated heterocycles. The molecule has 8 nitrogen and oxygen atoms in total. The average molecular weight is 387 g/mol. The topological polar surface area (TPSA) is 92.3 Å². The maximum Gasteiger partial charge on any atom is 0.342 e. The number of esters is 1. The summed E-state index contributed by atoms with van der Waals surface area (Å²) >= 11 is 0. The first-order chi connectivity index (χ1) is 13.5. The van der Waals surface area contributed by atoms with Crippen molar-refractivity contribution in [1.82, 2.24) is 5.32 Å². The Morgan fingerprint density at radius 1 is 1.11 bits per heavy atom. The molecule has 1 aliphatic heterocycles. The summed E-state index contributed by atoms with van der Waals surface area (Å²) in [5.74, 6) is 0.850. The third-order valence-corrected chi connectivity index (χ3v) is 4.23. The standard InChI is InChI=1S/C20H21NO7/c1-12(13-7-8-15-17(9-13)28-11-27-15)21-18(22)10-26-20(23)14-5-4-6-16(24-2)19(14)25-3/h4-9,12H,10-11H2,1-3H3,(H,21,22). The van der Waals surface area contributed by atoms with Crippen LogP contribution >= 0.6 is 0 Å². The second-order valence-corrected chi connectivity index (χ2v) is 6.02. The van der Waals surface area contributed by atoms with Gasteiger partial charge in [0.1, 0.15) is 5.56 Å². The summed E-state index contributed by atoms with van der Waals surface area (Å²) in [5, 5.41) is 2.78. The highest BCUT2D eigenvalue weighted by Gasteiger charge is 2.20. The van der Waals surface area contributed by atoms with Crippen molar-refractivity contribution in [3.05, 3.63) is 47.5 Å². The van der Waals surface area contributed by atoms with Crippen molar-refractivity contribution in [1.29, 1.82) is 0 Å². The molecular formula is C20H21NO7. The number of hydrogen-bond acceptors (Lipinski definition) is 7. The van der Waals surface area contributed by atoms with Gasteiger partial charge in [-0.2, -0.15) is 0 Å². The summed E-state index contributed by atoms with van der Waals surface area (Å²) in [7, 11) is 2.90. The minimum atomic E-state index is -0.679. The summed E-state index contributed by atoms with van der Waals surface area (Å²) in [6, 6.07) is 9.97. The van der Waals surface area contributed by atoms with Gasteiger partial charge in [-0.1, -0.05) is 12.1 Å². The molecule has 0 spiro atoms. The van der Waals surface area contributed by atoms with Gasteiger partial charge in [-0.05, 0) is 36.8 Å². The molecular weight excluding hydrogens is 366 g/mol. The van der Waals surface area contributed by atoms with Crippen LogP contribution in [0.2, 0.25) is 0 Å². The van der Waals surface area contributed by atoms with Crippen molar-refractivity contribution in [3.63, 3.8) is 0 Å². The van der Waals surface area contributed by atoms with Gasteiger partial charge in [0.15, 0.2) is 29.6 Å². The largest absolute Gasteiger partial charge is 0.493 e. The van der Waals surface area contributed by atoms with E-state index in [0.717, 1.165) is 5.56 Å². The monoisotopic (exact) mass is 387 g/mol. The van der Waals surface area contributed by atoms with Gasteiger partial charge in [0.05, 0.1) is 20.3 Å². The van der Waals surface area contributed by atoms with Gasteiger partial charge < -0.3 is 29.0 Å². The predicted octanol–water partition coefficient (Wildman–Crippen LogP) is 2.47. The first-order valence-corrected chi connectivity index (χ1v) is 8.60. The molecule has 0 radical (unpaired) electrons. The zero-order chi connectivity index (χ0) is 20.1. The molecule has 2 aromatic carbocycles. The van der Waals surface area contributed by atoms with E-state index in [-0.39, 0.29) is 24.1 Å². The summed E-state index contributed by atoms with van der Waals surface area (Å²) < 4.78 is 26.1. The van der Waals surface area contributed by atoms with E-state index < -0.39 is 18.5 Å². The molecule has 1 unspecified atom stereocenters. The number of carbonyl (C=O) groups is 2. The normalized spacial score (nSPS) is 12.8. The number of fused-ring (bicyclic) bond motifs is 1. The molecule has 8 heteroatoms. The van der Waals surface area contributed by atoms with Gasteiger partial charge in [-0.25, -0.2) is 4.79 Å². The highest BCUT2D eigenvalue weighted by Crippen LogP contribution is 2.34. The Labute approximate surface area is 162 Å².